The molecular weight excluding hydrogens is 590 g/mol. The van der Waals surface area contributed by atoms with E-state index >= 15 is 0 Å². The van der Waals surface area contributed by atoms with Crippen LogP contribution in [0.2, 0.25) is 0 Å². The summed E-state index contributed by atoms with van der Waals surface area (Å²) in [6, 6.07) is 18.7. The molecule has 3 aromatic carbocycles. The molecule has 1 N–H and O–H groups in total. The summed E-state index contributed by atoms with van der Waals surface area (Å²) in [7, 11) is 4.42. The number of ether oxygens (including phenoxy) is 4. The van der Waals surface area contributed by atoms with Crippen LogP contribution < -0.4 is 23.8 Å². The molecule has 43 heavy (non-hydrogen) atoms. The van der Waals surface area contributed by atoms with Crippen LogP contribution in [0.3, 0.4) is 0 Å². The molecule has 1 saturated heterocycles. The van der Waals surface area contributed by atoms with Gasteiger partial charge in [0.1, 0.15) is 11.5 Å². The maximum Gasteiger partial charge on any atom is 0.301 e. The van der Waals surface area contributed by atoms with Gasteiger partial charge in [-0.2, -0.15) is 0 Å². The first kappa shape index (κ1) is 29.9. The average Bonchev–Trinajstić information content (AvgIpc) is 3.61. The molecule has 4 aromatic rings. The van der Waals surface area contributed by atoms with Gasteiger partial charge in [-0.05, 0) is 54.4 Å². The second-order valence-electron chi connectivity index (χ2n) is 9.21. The van der Waals surface area contributed by atoms with Gasteiger partial charge < -0.3 is 24.1 Å². The number of rotatable bonds is 11. The molecule has 0 radical (unpaired) electrons. The number of thioether (sulfide) groups is 1. The summed E-state index contributed by atoms with van der Waals surface area (Å²) < 4.78 is 22.7. The molecule has 1 aliphatic rings. The summed E-state index contributed by atoms with van der Waals surface area (Å²) in [5, 5.41) is 20.3. The number of carbonyl (C=O) groups is 2. The van der Waals surface area contributed by atoms with Gasteiger partial charge in [0.2, 0.25) is 10.9 Å². The van der Waals surface area contributed by atoms with Gasteiger partial charge in [0.25, 0.3) is 5.78 Å². The van der Waals surface area contributed by atoms with E-state index in [-0.39, 0.29) is 16.5 Å². The number of benzene rings is 3. The molecule has 0 bridgehead atoms. The molecule has 1 fully saturated rings. The SMILES string of the molecule is CCOc1ccc(/C(O)=C2/C(=O)C(=O)N(c3nnc(SCc4ccccc4)s3)C2c2cc(OC)c(OC)c(OC)c2)cc1. The number of aliphatic hydroxyl groups is 1. The molecule has 0 spiro atoms. The summed E-state index contributed by atoms with van der Waals surface area (Å²) in [5.41, 5.74) is 1.78. The number of hydrogen-bond donors (Lipinski definition) is 1. The van der Waals surface area contributed by atoms with Crippen molar-refractivity contribution in [1.82, 2.24) is 10.2 Å². The van der Waals surface area contributed by atoms with Crippen molar-refractivity contribution < 1.29 is 33.6 Å². The number of Topliss-reactive ketones (excluding diaryl/α,β-unsaturated/α-hetero) is 1. The summed E-state index contributed by atoms with van der Waals surface area (Å²) in [4.78, 5) is 28.5. The standard InChI is InChI=1S/C31H29N3O7S2/c1-5-41-21-13-11-19(12-14-21)26(35)24-25(20-15-22(38-2)28(40-4)23(16-20)39-3)34(29(37)27(24)36)30-32-33-31(43-30)42-17-18-9-7-6-8-10-18/h6-16,25,35H,5,17H2,1-4H3/b26-24-. The van der Waals surface area contributed by atoms with Gasteiger partial charge in [-0.25, -0.2) is 0 Å². The molecule has 2 heterocycles. The molecule has 1 aliphatic heterocycles. The second-order valence-corrected chi connectivity index (χ2v) is 11.4. The van der Waals surface area contributed by atoms with Crippen molar-refractivity contribution in [3.8, 4) is 23.0 Å². The zero-order valence-corrected chi connectivity index (χ0v) is 25.5. The molecular formula is C31H29N3O7S2. The van der Waals surface area contributed by atoms with E-state index in [2.05, 4.69) is 10.2 Å². The lowest BCUT2D eigenvalue weighted by molar-refractivity contribution is -0.132. The number of aromatic nitrogens is 2. The fourth-order valence-electron chi connectivity index (χ4n) is 4.71. The molecule has 1 amide bonds. The van der Waals surface area contributed by atoms with E-state index in [4.69, 9.17) is 18.9 Å². The van der Waals surface area contributed by atoms with Gasteiger partial charge in [0, 0.05) is 11.3 Å². The fraction of sp³-hybridized carbons (Fsp3) is 0.226. The van der Waals surface area contributed by atoms with Gasteiger partial charge in [0.15, 0.2) is 15.8 Å². The monoisotopic (exact) mass is 619 g/mol. The Hall–Kier alpha value is -4.55. The second kappa shape index (κ2) is 13.2. The average molecular weight is 620 g/mol. The lowest BCUT2D eigenvalue weighted by Gasteiger charge is -2.24. The molecule has 10 nitrogen and oxygen atoms in total. The largest absolute Gasteiger partial charge is 0.507 e. The Bertz CT molecular complexity index is 1630. The Morgan fingerprint density at radius 1 is 0.953 bits per heavy atom. The molecule has 12 heteroatoms. The summed E-state index contributed by atoms with van der Waals surface area (Å²) >= 11 is 2.65. The lowest BCUT2D eigenvalue weighted by Crippen LogP contribution is -2.29. The van der Waals surface area contributed by atoms with Crippen molar-refractivity contribution in [2.45, 2.75) is 23.1 Å². The van der Waals surface area contributed by atoms with Crippen molar-refractivity contribution in [3.05, 3.63) is 89.0 Å². The van der Waals surface area contributed by atoms with E-state index in [9.17, 15) is 14.7 Å². The van der Waals surface area contributed by atoms with Gasteiger partial charge in [-0.1, -0.05) is 53.4 Å². The molecule has 0 saturated carbocycles. The molecule has 222 valence electrons. The first-order valence-electron chi connectivity index (χ1n) is 13.2. The van der Waals surface area contributed by atoms with Gasteiger partial charge in [-0.15, -0.1) is 10.2 Å². The third-order valence-electron chi connectivity index (χ3n) is 6.69. The third kappa shape index (κ3) is 6.02. The minimum Gasteiger partial charge on any atom is -0.507 e. The van der Waals surface area contributed by atoms with Gasteiger partial charge >= 0.3 is 5.91 Å². The van der Waals surface area contributed by atoms with Crippen molar-refractivity contribution in [2.75, 3.05) is 32.8 Å². The Morgan fingerprint density at radius 3 is 2.23 bits per heavy atom. The van der Waals surface area contributed by atoms with Crippen LogP contribution in [-0.4, -0.2) is 54.9 Å². The number of amides is 1. The van der Waals surface area contributed by atoms with Crippen molar-refractivity contribution in [1.29, 1.82) is 0 Å². The predicted octanol–water partition coefficient (Wildman–Crippen LogP) is 5.88. The number of nitrogens with zero attached hydrogens (tertiary/aromatic N) is 3. The fourth-order valence-corrected chi connectivity index (χ4v) is 6.54. The maximum absolute atomic E-state index is 13.7. The van der Waals surface area contributed by atoms with Crippen LogP contribution in [-0.2, 0) is 15.3 Å². The Balaban J connectivity index is 1.62. The predicted molar refractivity (Wildman–Crippen MR) is 164 cm³/mol. The number of aliphatic hydroxyl groups excluding tert-OH is 1. The van der Waals surface area contributed by atoms with E-state index < -0.39 is 17.7 Å². The molecule has 5 rings (SSSR count). The van der Waals surface area contributed by atoms with Gasteiger partial charge in [0.05, 0.1) is 39.6 Å². The number of anilines is 1. The number of methoxy groups -OCH3 is 3. The van der Waals surface area contributed by atoms with E-state index in [1.54, 1.807) is 36.4 Å². The van der Waals surface area contributed by atoms with Crippen LogP contribution >= 0.6 is 23.1 Å². The quantitative estimate of drug-likeness (QED) is 0.0716. The summed E-state index contributed by atoms with van der Waals surface area (Å²) in [6.45, 7) is 2.34. The number of carbonyl (C=O) groups excluding carboxylic acids is 2. The first-order valence-corrected chi connectivity index (χ1v) is 15.0. The summed E-state index contributed by atoms with van der Waals surface area (Å²) in [5.74, 6) is 0.191. The van der Waals surface area contributed by atoms with Crippen LogP contribution in [0.1, 0.15) is 29.7 Å². The van der Waals surface area contributed by atoms with E-state index in [0.717, 1.165) is 5.56 Å². The van der Waals surface area contributed by atoms with Gasteiger partial charge in [-0.3, -0.25) is 14.5 Å². The Labute approximate surface area is 256 Å². The topological polar surface area (TPSA) is 120 Å². The summed E-state index contributed by atoms with van der Waals surface area (Å²) in [6.07, 6.45) is 0. The van der Waals surface area contributed by atoms with Crippen LogP contribution in [0.4, 0.5) is 5.13 Å². The third-order valence-corrected chi connectivity index (χ3v) is 8.82. The minimum absolute atomic E-state index is 0.114. The van der Waals surface area contributed by atoms with E-state index in [1.165, 1.54) is 49.3 Å². The van der Waals surface area contributed by atoms with Crippen LogP contribution in [0.5, 0.6) is 23.0 Å². The molecule has 1 unspecified atom stereocenters. The van der Waals surface area contributed by atoms with Crippen LogP contribution in [0.15, 0.2) is 76.6 Å². The number of ketones is 1. The lowest BCUT2D eigenvalue weighted by atomic mass is 9.94. The molecule has 1 atom stereocenters. The normalized spacial score (nSPS) is 15.9. The van der Waals surface area contributed by atoms with Crippen molar-refractivity contribution in [2.24, 2.45) is 0 Å². The maximum atomic E-state index is 13.7. The highest BCUT2D eigenvalue weighted by atomic mass is 32.2. The minimum atomic E-state index is -1.07. The van der Waals surface area contributed by atoms with Crippen molar-refractivity contribution in [3.63, 3.8) is 0 Å². The Morgan fingerprint density at radius 2 is 1.63 bits per heavy atom. The molecule has 0 aliphatic carbocycles. The van der Waals surface area contributed by atoms with Crippen molar-refractivity contribution >= 4 is 45.7 Å². The van der Waals surface area contributed by atoms with Crippen LogP contribution in [0.25, 0.3) is 5.76 Å². The Kier molecular flexibility index (Phi) is 9.17. The zero-order chi connectivity index (χ0) is 30.5. The smallest absolute Gasteiger partial charge is 0.301 e. The highest BCUT2D eigenvalue weighted by Gasteiger charge is 2.49. The van der Waals surface area contributed by atoms with E-state index in [0.29, 0.717) is 50.8 Å². The van der Waals surface area contributed by atoms with Crippen LogP contribution in [0, 0.1) is 0 Å². The first-order chi connectivity index (χ1) is 20.9. The highest BCUT2D eigenvalue weighted by molar-refractivity contribution is 8.00. The zero-order valence-electron chi connectivity index (χ0n) is 23.9. The van der Waals surface area contributed by atoms with E-state index in [1.807, 2.05) is 37.3 Å². The highest BCUT2D eigenvalue weighted by Crippen LogP contribution is 2.48. The molecule has 1 aromatic heterocycles. The number of hydrogen-bond acceptors (Lipinski definition) is 11.